The van der Waals surface area contributed by atoms with Gasteiger partial charge in [0.25, 0.3) is 0 Å². The molecule has 2 rings (SSSR count). The maximum atomic E-state index is 12.6. The molecule has 0 bridgehead atoms. The number of hydrogen-bond acceptors (Lipinski definition) is 4. The summed E-state index contributed by atoms with van der Waals surface area (Å²) < 4.78 is 23.1. The first-order valence-electron chi connectivity index (χ1n) is 8.86. The van der Waals surface area contributed by atoms with Crippen LogP contribution in [0.1, 0.15) is 38.8 Å². The number of likely N-dealkylation sites (tertiary alicyclic amines) is 1. The number of carbonyl (C=O) groups excluding carboxylic acids is 1. The van der Waals surface area contributed by atoms with E-state index in [9.17, 15) is 13.2 Å². The van der Waals surface area contributed by atoms with Gasteiger partial charge in [0.1, 0.15) is 0 Å². The number of rotatable bonds is 5. The monoisotopic (exact) mass is 366 g/mol. The molecule has 1 saturated heterocycles. The molecule has 1 aromatic carbocycles. The third-order valence-electron chi connectivity index (χ3n) is 5.06. The topological polar surface area (TPSA) is 57.7 Å². The van der Waals surface area contributed by atoms with Crippen molar-refractivity contribution in [3.8, 4) is 0 Å². The van der Waals surface area contributed by atoms with Crippen LogP contribution in [0.3, 0.4) is 0 Å². The highest BCUT2D eigenvalue weighted by Gasteiger charge is 2.26. The van der Waals surface area contributed by atoms with Crippen LogP contribution in [-0.4, -0.2) is 57.1 Å². The minimum Gasteiger partial charge on any atom is -0.341 e. The van der Waals surface area contributed by atoms with Gasteiger partial charge in [0.15, 0.2) is 9.84 Å². The third kappa shape index (κ3) is 5.28. The number of carbonyl (C=O) groups is 1. The lowest BCUT2D eigenvalue weighted by Crippen LogP contribution is -2.46. The van der Waals surface area contributed by atoms with Gasteiger partial charge in [-0.1, -0.05) is 26.0 Å². The van der Waals surface area contributed by atoms with Crippen molar-refractivity contribution in [3.63, 3.8) is 0 Å². The standard InChI is InChI=1S/C19H30N2O3S/c1-14-10-15(2)12-21(11-14)19(22)13-20(4)16(3)17-6-8-18(9-7-17)25(5,23)24/h6-9,14-16H,10-13H2,1-5H3. The maximum absolute atomic E-state index is 12.6. The van der Waals surface area contributed by atoms with E-state index in [1.807, 2.05) is 35.9 Å². The van der Waals surface area contributed by atoms with E-state index in [1.165, 1.54) is 12.7 Å². The second-order valence-corrected chi connectivity index (χ2v) is 9.69. The van der Waals surface area contributed by atoms with Gasteiger partial charge in [-0.15, -0.1) is 0 Å². The van der Waals surface area contributed by atoms with E-state index < -0.39 is 9.84 Å². The first kappa shape index (κ1) is 19.9. The number of amides is 1. The fourth-order valence-electron chi connectivity index (χ4n) is 3.56. The Kier molecular flexibility index (Phi) is 6.27. The summed E-state index contributed by atoms with van der Waals surface area (Å²) in [5.74, 6) is 1.28. The fourth-order valence-corrected chi connectivity index (χ4v) is 4.20. The molecule has 0 radical (unpaired) electrons. The summed E-state index contributed by atoms with van der Waals surface area (Å²) in [5.41, 5.74) is 1.00. The molecule has 0 saturated carbocycles. The quantitative estimate of drug-likeness (QED) is 0.804. The number of benzene rings is 1. The Bertz CT molecular complexity index is 690. The van der Waals surface area contributed by atoms with Crippen molar-refractivity contribution >= 4 is 15.7 Å². The second kappa shape index (κ2) is 7.87. The molecule has 0 aliphatic carbocycles. The number of nitrogens with zero attached hydrogens (tertiary/aromatic N) is 2. The highest BCUT2D eigenvalue weighted by Crippen LogP contribution is 2.23. The zero-order chi connectivity index (χ0) is 18.8. The Morgan fingerprint density at radius 1 is 1.20 bits per heavy atom. The molecule has 1 amide bonds. The van der Waals surface area contributed by atoms with E-state index in [0.717, 1.165) is 18.7 Å². The first-order chi connectivity index (χ1) is 11.6. The number of sulfone groups is 1. The smallest absolute Gasteiger partial charge is 0.236 e. The molecular formula is C19H30N2O3S. The lowest BCUT2D eigenvalue weighted by atomic mass is 9.92. The van der Waals surface area contributed by atoms with Crippen LogP contribution in [0.4, 0.5) is 0 Å². The van der Waals surface area contributed by atoms with Crippen molar-refractivity contribution in [2.45, 2.75) is 38.1 Å². The predicted molar refractivity (Wildman–Crippen MR) is 100 cm³/mol. The van der Waals surface area contributed by atoms with Crippen LogP contribution >= 0.6 is 0 Å². The Balaban J connectivity index is 2.00. The van der Waals surface area contributed by atoms with Crippen LogP contribution in [0.15, 0.2) is 29.2 Å². The van der Waals surface area contributed by atoms with Crippen molar-refractivity contribution in [2.24, 2.45) is 11.8 Å². The van der Waals surface area contributed by atoms with Gasteiger partial charge in [-0.3, -0.25) is 9.69 Å². The molecule has 0 aromatic heterocycles. The van der Waals surface area contributed by atoms with Crippen molar-refractivity contribution in [3.05, 3.63) is 29.8 Å². The minimum absolute atomic E-state index is 0.0391. The Morgan fingerprint density at radius 2 is 1.72 bits per heavy atom. The summed E-state index contributed by atoms with van der Waals surface area (Å²) in [6.07, 6.45) is 2.39. The van der Waals surface area contributed by atoms with Gasteiger partial charge in [-0.2, -0.15) is 0 Å². The average molecular weight is 367 g/mol. The predicted octanol–water partition coefficient (Wildman–Crippen LogP) is 2.59. The van der Waals surface area contributed by atoms with Crippen LogP contribution in [0.5, 0.6) is 0 Å². The average Bonchev–Trinajstić information content (AvgIpc) is 2.52. The van der Waals surface area contributed by atoms with Crippen molar-refractivity contribution < 1.29 is 13.2 Å². The molecule has 1 heterocycles. The van der Waals surface area contributed by atoms with Gasteiger partial charge < -0.3 is 4.90 Å². The molecule has 6 heteroatoms. The lowest BCUT2D eigenvalue weighted by Gasteiger charge is -2.36. The lowest BCUT2D eigenvalue weighted by molar-refractivity contribution is -0.135. The molecule has 3 atom stereocenters. The van der Waals surface area contributed by atoms with Crippen LogP contribution in [0.2, 0.25) is 0 Å². The van der Waals surface area contributed by atoms with Gasteiger partial charge in [0, 0.05) is 25.4 Å². The fraction of sp³-hybridized carbons (Fsp3) is 0.632. The Hall–Kier alpha value is -1.40. The van der Waals surface area contributed by atoms with E-state index in [1.54, 1.807) is 12.1 Å². The SMILES string of the molecule is CC1CC(C)CN(C(=O)CN(C)C(C)c2ccc(S(C)(=O)=O)cc2)C1. The van der Waals surface area contributed by atoms with E-state index in [4.69, 9.17) is 0 Å². The van der Waals surface area contributed by atoms with E-state index in [0.29, 0.717) is 23.3 Å². The molecule has 0 N–H and O–H groups in total. The summed E-state index contributed by atoms with van der Waals surface area (Å²) in [7, 11) is -1.25. The molecule has 1 aliphatic heterocycles. The molecular weight excluding hydrogens is 336 g/mol. The highest BCUT2D eigenvalue weighted by molar-refractivity contribution is 7.90. The number of hydrogen-bond donors (Lipinski definition) is 0. The van der Waals surface area contributed by atoms with Crippen LogP contribution in [0.25, 0.3) is 0 Å². The molecule has 5 nitrogen and oxygen atoms in total. The van der Waals surface area contributed by atoms with Gasteiger partial charge in [0.05, 0.1) is 11.4 Å². The van der Waals surface area contributed by atoms with E-state index in [-0.39, 0.29) is 11.9 Å². The highest BCUT2D eigenvalue weighted by atomic mass is 32.2. The Morgan fingerprint density at radius 3 is 2.20 bits per heavy atom. The molecule has 3 unspecified atom stereocenters. The van der Waals surface area contributed by atoms with E-state index in [2.05, 4.69) is 13.8 Å². The second-order valence-electron chi connectivity index (χ2n) is 7.68. The summed E-state index contributed by atoms with van der Waals surface area (Å²) in [5, 5.41) is 0. The van der Waals surface area contributed by atoms with Crippen LogP contribution < -0.4 is 0 Å². The summed E-state index contributed by atoms with van der Waals surface area (Å²) >= 11 is 0. The van der Waals surface area contributed by atoms with Gasteiger partial charge in [-0.25, -0.2) is 8.42 Å². The Labute approximate surface area is 151 Å². The molecule has 140 valence electrons. The normalized spacial score (nSPS) is 22.9. The van der Waals surface area contributed by atoms with Crippen molar-refractivity contribution in [1.29, 1.82) is 0 Å². The van der Waals surface area contributed by atoms with Crippen LogP contribution in [-0.2, 0) is 14.6 Å². The molecule has 25 heavy (non-hydrogen) atoms. The molecule has 1 fully saturated rings. The molecule has 1 aromatic rings. The van der Waals surface area contributed by atoms with Gasteiger partial charge in [0.2, 0.25) is 5.91 Å². The maximum Gasteiger partial charge on any atom is 0.236 e. The summed E-state index contributed by atoms with van der Waals surface area (Å²) in [6.45, 7) is 8.48. The number of likely N-dealkylation sites (N-methyl/N-ethyl adjacent to an activating group) is 1. The van der Waals surface area contributed by atoms with Gasteiger partial charge in [-0.05, 0) is 49.9 Å². The summed E-state index contributed by atoms with van der Waals surface area (Å²) in [4.78, 5) is 16.9. The molecule has 1 aliphatic rings. The molecule has 0 spiro atoms. The van der Waals surface area contributed by atoms with Crippen molar-refractivity contribution in [1.82, 2.24) is 9.80 Å². The van der Waals surface area contributed by atoms with Gasteiger partial charge >= 0.3 is 0 Å². The zero-order valence-corrected chi connectivity index (χ0v) is 16.7. The largest absolute Gasteiger partial charge is 0.341 e. The first-order valence-corrected chi connectivity index (χ1v) is 10.7. The van der Waals surface area contributed by atoms with Crippen LogP contribution in [0, 0.1) is 11.8 Å². The summed E-state index contributed by atoms with van der Waals surface area (Å²) in [6, 6.07) is 6.95. The van der Waals surface area contributed by atoms with Crippen molar-refractivity contribution in [2.75, 3.05) is 32.9 Å². The zero-order valence-electron chi connectivity index (χ0n) is 15.9. The van der Waals surface area contributed by atoms with E-state index >= 15 is 0 Å². The number of piperidine rings is 1. The minimum atomic E-state index is -3.18. The third-order valence-corrected chi connectivity index (χ3v) is 6.19.